The topological polar surface area (TPSA) is 117 Å². The summed E-state index contributed by atoms with van der Waals surface area (Å²) in [5, 5.41) is 7.61. The summed E-state index contributed by atoms with van der Waals surface area (Å²) in [6.07, 6.45) is 9.64. The number of carbonyl (C=O) groups excluding carboxylic acids is 4. The molecule has 0 radical (unpaired) electrons. The lowest BCUT2D eigenvalue weighted by atomic mass is 9.70. The fourth-order valence-electron chi connectivity index (χ4n) is 9.01. The molecule has 4 atom stereocenters. The summed E-state index contributed by atoms with van der Waals surface area (Å²) in [5.74, 6) is -0.527. The molecule has 3 saturated heterocycles. The van der Waals surface area contributed by atoms with Crippen molar-refractivity contribution in [3.05, 3.63) is 53.9 Å². The van der Waals surface area contributed by atoms with E-state index in [1.54, 1.807) is 22.0 Å². The summed E-state index contributed by atoms with van der Waals surface area (Å²) in [6, 6.07) is 9.12. The van der Waals surface area contributed by atoms with Gasteiger partial charge in [0.25, 0.3) is 5.91 Å². The second kappa shape index (κ2) is 13.7. The lowest BCUT2D eigenvalue weighted by Crippen LogP contribution is -2.66. The van der Waals surface area contributed by atoms with E-state index in [1.807, 2.05) is 47.1 Å². The molecular weight excluding hydrogens is 644 g/mol. The molecule has 7 rings (SSSR count). The molecule has 4 heterocycles. The van der Waals surface area contributed by atoms with E-state index in [2.05, 4.69) is 38.1 Å². The second-order valence-corrected chi connectivity index (χ2v) is 17.8. The van der Waals surface area contributed by atoms with E-state index >= 15 is 0 Å². The molecule has 1 aromatic carbocycles. The van der Waals surface area contributed by atoms with Gasteiger partial charge in [0.1, 0.15) is 6.04 Å². The molecule has 1 spiro atoms. The standard InChI is InChI=1S/C40H56N6O5/c1-27(51-21-29-14-10-7-11-15-29)33(37(50)44-22-38(2,3)23-44)42-34(47)32-20-43(24-40(32)25-45(26-40)36(49)31-16-39(31,4)5)35(48)30-17-41-46(19-30)18-28-12-8-6-9-13-28/h6,8-9,12-13,17,19,27,29,31-33H,7,10-11,14-16,18,20-26H2,1-5H3,(H,42,47)/t27-,31-,32+,33+/m1/s1. The number of hydrogen-bond acceptors (Lipinski definition) is 6. The van der Waals surface area contributed by atoms with Gasteiger partial charge < -0.3 is 24.8 Å². The van der Waals surface area contributed by atoms with Gasteiger partial charge in [-0.15, -0.1) is 0 Å². The fraction of sp³-hybridized carbons (Fsp3) is 0.675. The Morgan fingerprint density at radius 2 is 1.57 bits per heavy atom. The Kier molecular flexibility index (Phi) is 9.56. The van der Waals surface area contributed by atoms with E-state index in [1.165, 1.54) is 19.3 Å². The van der Waals surface area contributed by atoms with Crippen molar-refractivity contribution >= 4 is 23.6 Å². The number of carbonyl (C=O) groups is 4. The van der Waals surface area contributed by atoms with Crippen LogP contribution in [0.4, 0.5) is 0 Å². The van der Waals surface area contributed by atoms with E-state index in [-0.39, 0.29) is 46.9 Å². The summed E-state index contributed by atoms with van der Waals surface area (Å²) in [7, 11) is 0. The van der Waals surface area contributed by atoms with Crippen LogP contribution < -0.4 is 5.32 Å². The maximum Gasteiger partial charge on any atom is 0.257 e. The molecule has 11 nitrogen and oxygen atoms in total. The highest BCUT2D eigenvalue weighted by molar-refractivity contribution is 5.96. The van der Waals surface area contributed by atoms with Crippen molar-refractivity contribution in [3.8, 4) is 0 Å². The molecule has 4 amide bonds. The number of aromatic nitrogens is 2. The zero-order chi connectivity index (χ0) is 36.1. The van der Waals surface area contributed by atoms with Crippen LogP contribution in [0.5, 0.6) is 0 Å². The van der Waals surface area contributed by atoms with Gasteiger partial charge in [0.05, 0.1) is 30.3 Å². The number of hydrogen-bond donors (Lipinski definition) is 1. The molecule has 2 aromatic rings. The lowest BCUT2D eigenvalue weighted by Gasteiger charge is -2.51. The number of nitrogens with zero attached hydrogens (tertiary/aromatic N) is 5. The van der Waals surface area contributed by atoms with E-state index in [4.69, 9.17) is 4.74 Å². The molecule has 276 valence electrons. The Balaban J connectivity index is 1.08. The van der Waals surface area contributed by atoms with Crippen LogP contribution in [-0.4, -0.2) is 106 Å². The fourth-order valence-corrected chi connectivity index (χ4v) is 9.01. The summed E-state index contributed by atoms with van der Waals surface area (Å²) in [5.41, 5.74) is 0.998. The van der Waals surface area contributed by atoms with Crippen LogP contribution in [0.15, 0.2) is 42.7 Å². The third-order valence-electron chi connectivity index (χ3n) is 12.4. The zero-order valence-corrected chi connectivity index (χ0v) is 31.1. The highest BCUT2D eigenvalue weighted by atomic mass is 16.5. The summed E-state index contributed by atoms with van der Waals surface area (Å²) < 4.78 is 8.12. The first kappa shape index (κ1) is 35.7. The molecular formula is C40H56N6O5. The summed E-state index contributed by atoms with van der Waals surface area (Å²) in [4.78, 5) is 61.3. The molecule has 1 N–H and O–H groups in total. The third-order valence-corrected chi connectivity index (χ3v) is 12.4. The van der Waals surface area contributed by atoms with Crippen molar-refractivity contribution in [2.45, 2.75) is 91.8 Å². The van der Waals surface area contributed by atoms with Crippen molar-refractivity contribution in [1.82, 2.24) is 29.8 Å². The van der Waals surface area contributed by atoms with Crippen LogP contribution in [0, 0.1) is 34.0 Å². The summed E-state index contributed by atoms with van der Waals surface area (Å²) in [6.45, 7) is 14.2. The molecule has 51 heavy (non-hydrogen) atoms. The predicted molar refractivity (Wildman–Crippen MR) is 192 cm³/mol. The Morgan fingerprint density at radius 3 is 2.22 bits per heavy atom. The first-order valence-electron chi connectivity index (χ1n) is 19.1. The minimum absolute atomic E-state index is 0.000960. The molecule has 3 aliphatic heterocycles. The van der Waals surface area contributed by atoms with E-state index in [0.717, 1.165) is 24.8 Å². The van der Waals surface area contributed by atoms with Crippen LogP contribution >= 0.6 is 0 Å². The Bertz CT molecular complexity index is 1620. The second-order valence-electron chi connectivity index (χ2n) is 17.8. The average Bonchev–Trinajstić information content (AvgIpc) is 3.39. The molecule has 0 unspecified atom stereocenters. The molecule has 2 saturated carbocycles. The van der Waals surface area contributed by atoms with Crippen molar-refractivity contribution in [3.63, 3.8) is 0 Å². The molecule has 5 fully saturated rings. The minimum atomic E-state index is -0.833. The van der Waals surface area contributed by atoms with Crippen molar-refractivity contribution < 1.29 is 23.9 Å². The highest BCUT2D eigenvalue weighted by Gasteiger charge is 2.62. The number of ether oxygens (including phenoxy) is 1. The van der Waals surface area contributed by atoms with E-state index in [9.17, 15) is 19.2 Å². The normalized spacial score (nSPS) is 25.9. The molecule has 5 aliphatic rings. The van der Waals surface area contributed by atoms with Gasteiger partial charge in [-0.25, -0.2) is 0 Å². The van der Waals surface area contributed by atoms with Crippen LogP contribution in [0.3, 0.4) is 0 Å². The third kappa shape index (κ3) is 7.46. The average molecular weight is 701 g/mol. The van der Waals surface area contributed by atoms with Gasteiger partial charge in [0.15, 0.2) is 0 Å². The molecule has 11 heteroatoms. The number of amides is 4. The summed E-state index contributed by atoms with van der Waals surface area (Å²) >= 11 is 0. The lowest BCUT2D eigenvalue weighted by molar-refractivity contribution is -0.155. The quantitative estimate of drug-likeness (QED) is 0.376. The number of benzene rings is 1. The zero-order valence-electron chi connectivity index (χ0n) is 31.1. The van der Waals surface area contributed by atoms with E-state index in [0.29, 0.717) is 57.4 Å². The number of nitrogens with one attached hydrogen (secondary N) is 1. The van der Waals surface area contributed by atoms with Gasteiger partial charge in [0, 0.05) is 63.4 Å². The Labute approximate surface area is 302 Å². The first-order chi connectivity index (χ1) is 24.2. The molecule has 0 bridgehead atoms. The largest absolute Gasteiger partial charge is 0.376 e. The first-order valence-corrected chi connectivity index (χ1v) is 19.1. The predicted octanol–water partition coefficient (Wildman–Crippen LogP) is 4.22. The monoisotopic (exact) mass is 700 g/mol. The van der Waals surface area contributed by atoms with Gasteiger partial charge >= 0.3 is 0 Å². The van der Waals surface area contributed by atoms with Crippen LogP contribution in [0.1, 0.15) is 89.1 Å². The smallest absolute Gasteiger partial charge is 0.257 e. The van der Waals surface area contributed by atoms with Crippen LogP contribution in [0.25, 0.3) is 0 Å². The minimum Gasteiger partial charge on any atom is -0.376 e. The van der Waals surface area contributed by atoms with Gasteiger partial charge in [-0.1, -0.05) is 77.3 Å². The van der Waals surface area contributed by atoms with Gasteiger partial charge in [-0.05, 0) is 48.5 Å². The number of rotatable bonds is 11. The van der Waals surface area contributed by atoms with E-state index < -0.39 is 23.5 Å². The Hall–Kier alpha value is -3.73. The van der Waals surface area contributed by atoms with Crippen molar-refractivity contribution in [2.75, 3.05) is 45.9 Å². The maximum atomic E-state index is 14.5. The van der Waals surface area contributed by atoms with Crippen LogP contribution in [0.2, 0.25) is 0 Å². The van der Waals surface area contributed by atoms with Crippen molar-refractivity contribution in [1.29, 1.82) is 0 Å². The molecule has 2 aliphatic carbocycles. The Morgan fingerprint density at radius 1 is 0.902 bits per heavy atom. The SMILES string of the molecule is C[C@@H](OCC1CCCCC1)[C@H](NC(=O)[C@@H]1CN(C(=O)c2cnn(Cc3ccccc3)c2)CC12CN(C(=O)[C@H]1CC1(C)C)C2)C(=O)N1CC(C)(C)C1. The maximum absolute atomic E-state index is 14.5. The van der Waals surface area contributed by atoms with Gasteiger partial charge in [0.2, 0.25) is 17.7 Å². The van der Waals surface area contributed by atoms with Crippen molar-refractivity contribution in [2.24, 2.45) is 34.0 Å². The van der Waals surface area contributed by atoms with Crippen LogP contribution in [-0.2, 0) is 25.7 Å². The highest BCUT2D eigenvalue weighted by Crippen LogP contribution is 2.54. The van der Waals surface area contributed by atoms with Gasteiger partial charge in [-0.2, -0.15) is 5.10 Å². The molecule has 1 aromatic heterocycles. The van der Waals surface area contributed by atoms with Gasteiger partial charge in [-0.3, -0.25) is 23.9 Å². The number of likely N-dealkylation sites (tertiary alicyclic amines) is 3.